The molecule has 0 saturated carbocycles. The molecule has 0 unspecified atom stereocenters. The Hall–Kier alpha value is -1.39. The van der Waals surface area contributed by atoms with E-state index < -0.39 is 0 Å². The first-order valence-electron chi connectivity index (χ1n) is 8.90. The highest BCUT2D eigenvalue weighted by molar-refractivity contribution is 5.79. The number of rotatable bonds is 6. The van der Waals surface area contributed by atoms with Gasteiger partial charge in [-0.05, 0) is 37.8 Å². The lowest BCUT2D eigenvalue weighted by atomic mass is 9.78. The number of carbonyl (C=O) groups excluding carboxylic acids is 1. The normalized spacial score (nSPS) is 28.2. The number of piperidine rings is 1. The van der Waals surface area contributed by atoms with Gasteiger partial charge >= 0.3 is 0 Å². The van der Waals surface area contributed by atoms with Crippen LogP contribution >= 0.6 is 0 Å². The van der Waals surface area contributed by atoms with Gasteiger partial charge in [-0.2, -0.15) is 0 Å². The SMILES string of the molecule is CC[C@@H]1N(CCOCc2ccccc2)CCC[C@@]12CCC(=O)N2. The van der Waals surface area contributed by atoms with Gasteiger partial charge in [-0.1, -0.05) is 37.3 Å². The van der Waals surface area contributed by atoms with Crippen molar-refractivity contribution in [1.29, 1.82) is 0 Å². The predicted molar refractivity (Wildman–Crippen MR) is 91.1 cm³/mol. The molecule has 1 aromatic rings. The summed E-state index contributed by atoms with van der Waals surface area (Å²) in [5.41, 5.74) is 1.24. The van der Waals surface area contributed by atoms with Crippen LogP contribution in [-0.4, -0.2) is 42.1 Å². The molecule has 2 atom stereocenters. The lowest BCUT2D eigenvalue weighted by Crippen LogP contribution is -2.62. The van der Waals surface area contributed by atoms with Gasteiger partial charge in [0.15, 0.2) is 0 Å². The van der Waals surface area contributed by atoms with Crippen molar-refractivity contribution < 1.29 is 9.53 Å². The molecule has 126 valence electrons. The van der Waals surface area contributed by atoms with Crippen LogP contribution in [0.2, 0.25) is 0 Å². The third-order valence-electron chi connectivity index (χ3n) is 5.35. The Kier molecular flexibility index (Phi) is 5.34. The van der Waals surface area contributed by atoms with Gasteiger partial charge < -0.3 is 10.1 Å². The van der Waals surface area contributed by atoms with E-state index in [4.69, 9.17) is 4.74 Å². The van der Waals surface area contributed by atoms with Gasteiger partial charge in [-0.3, -0.25) is 9.69 Å². The van der Waals surface area contributed by atoms with Gasteiger partial charge in [0.05, 0.1) is 18.8 Å². The van der Waals surface area contributed by atoms with Crippen LogP contribution in [0.25, 0.3) is 0 Å². The number of nitrogens with zero attached hydrogens (tertiary/aromatic N) is 1. The molecule has 1 N–H and O–H groups in total. The summed E-state index contributed by atoms with van der Waals surface area (Å²) in [6.45, 7) is 5.72. The van der Waals surface area contributed by atoms with Gasteiger partial charge in [0, 0.05) is 19.0 Å². The third-order valence-corrected chi connectivity index (χ3v) is 5.35. The molecule has 2 fully saturated rings. The largest absolute Gasteiger partial charge is 0.375 e. The summed E-state index contributed by atoms with van der Waals surface area (Å²) in [6, 6.07) is 10.8. The highest BCUT2D eigenvalue weighted by atomic mass is 16.5. The monoisotopic (exact) mass is 316 g/mol. The molecule has 2 aliphatic rings. The first-order valence-corrected chi connectivity index (χ1v) is 8.90. The molecule has 2 saturated heterocycles. The highest BCUT2D eigenvalue weighted by Gasteiger charge is 2.47. The Labute approximate surface area is 139 Å². The minimum absolute atomic E-state index is 0.0174. The van der Waals surface area contributed by atoms with Crippen LogP contribution in [0.4, 0.5) is 0 Å². The molecule has 23 heavy (non-hydrogen) atoms. The molecular formula is C19H28N2O2. The Balaban J connectivity index is 1.51. The lowest BCUT2D eigenvalue weighted by Gasteiger charge is -2.48. The number of carbonyl (C=O) groups is 1. The maximum absolute atomic E-state index is 11.7. The maximum Gasteiger partial charge on any atom is 0.220 e. The number of nitrogens with one attached hydrogen (secondary N) is 1. The van der Waals surface area contributed by atoms with Crippen molar-refractivity contribution in [3.8, 4) is 0 Å². The molecule has 3 rings (SSSR count). The van der Waals surface area contributed by atoms with Gasteiger partial charge in [0.25, 0.3) is 0 Å². The second kappa shape index (κ2) is 7.45. The fourth-order valence-corrected chi connectivity index (χ4v) is 4.31. The fourth-order valence-electron chi connectivity index (χ4n) is 4.31. The summed E-state index contributed by atoms with van der Waals surface area (Å²) >= 11 is 0. The Morgan fingerprint density at radius 3 is 2.83 bits per heavy atom. The molecule has 1 amide bonds. The highest BCUT2D eigenvalue weighted by Crippen LogP contribution is 2.36. The number of benzene rings is 1. The molecule has 2 aliphatic heterocycles. The quantitative estimate of drug-likeness (QED) is 0.821. The molecule has 4 heteroatoms. The van der Waals surface area contributed by atoms with Gasteiger partial charge in [0.1, 0.15) is 0 Å². The van der Waals surface area contributed by atoms with Crippen LogP contribution in [0.3, 0.4) is 0 Å². The van der Waals surface area contributed by atoms with Crippen molar-refractivity contribution in [2.24, 2.45) is 0 Å². The number of hydrogen-bond donors (Lipinski definition) is 1. The van der Waals surface area contributed by atoms with Crippen LogP contribution in [0.1, 0.15) is 44.6 Å². The van der Waals surface area contributed by atoms with Crippen molar-refractivity contribution in [3.63, 3.8) is 0 Å². The summed E-state index contributed by atoms with van der Waals surface area (Å²) < 4.78 is 5.86. The molecule has 1 spiro atoms. The molecule has 4 nitrogen and oxygen atoms in total. The minimum atomic E-state index is 0.0174. The van der Waals surface area contributed by atoms with Crippen LogP contribution < -0.4 is 5.32 Å². The van der Waals surface area contributed by atoms with E-state index >= 15 is 0 Å². The zero-order valence-corrected chi connectivity index (χ0v) is 14.1. The van der Waals surface area contributed by atoms with E-state index in [2.05, 4.69) is 29.3 Å². The number of ether oxygens (including phenoxy) is 1. The molecule has 0 aromatic heterocycles. The van der Waals surface area contributed by atoms with E-state index in [9.17, 15) is 4.79 Å². The fraction of sp³-hybridized carbons (Fsp3) is 0.632. The van der Waals surface area contributed by atoms with Crippen molar-refractivity contribution in [1.82, 2.24) is 10.2 Å². The van der Waals surface area contributed by atoms with E-state index in [1.807, 2.05) is 18.2 Å². The summed E-state index contributed by atoms with van der Waals surface area (Å²) in [6.07, 6.45) is 5.05. The third kappa shape index (κ3) is 3.75. The summed E-state index contributed by atoms with van der Waals surface area (Å²) in [7, 11) is 0. The molecule has 0 radical (unpaired) electrons. The molecule has 0 bridgehead atoms. The van der Waals surface area contributed by atoms with Crippen LogP contribution in [-0.2, 0) is 16.1 Å². The second-order valence-corrected chi connectivity index (χ2v) is 6.81. The molecular weight excluding hydrogens is 288 g/mol. The first-order chi connectivity index (χ1) is 11.2. The minimum Gasteiger partial charge on any atom is -0.375 e. The van der Waals surface area contributed by atoms with Crippen molar-refractivity contribution in [2.75, 3.05) is 19.7 Å². The van der Waals surface area contributed by atoms with E-state index in [1.165, 1.54) is 5.56 Å². The summed E-state index contributed by atoms with van der Waals surface area (Å²) in [5, 5.41) is 3.30. The van der Waals surface area contributed by atoms with Gasteiger partial charge in [-0.15, -0.1) is 0 Å². The Morgan fingerprint density at radius 1 is 1.30 bits per heavy atom. The molecule has 1 aromatic carbocycles. The van der Waals surface area contributed by atoms with Gasteiger partial charge in [0.2, 0.25) is 5.91 Å². The van der Waals surface area contributed by atoms with E-state index in [-0.39, 0.29) is 11.4 Å². The Morgan fingerprint density at radius 2 is 2.13 bits per heavy atom. The van der Waals surface area contributed by atoms with E-state index in [0.717, 1.165) is 45.4 Å². The predicted octanol–water partition coefficient (Wildman–Crippen LogP) is 2.73. The molecule has 0 aliphatic carbocycles. The number of hydrogen-bond acceptors (Lipinski definition) is 3. The van der Waals surface area contributed by atoms with E-state index in [0.29, 0.717) is 19.1 Å². The van der Waals surface area contributed by atoms with Crippen molar-refractivity contribution in [2.45, 2.75) is 57.2 Å². The van der Waals surface area contributed by atoms with Crippen LogP contribution in [0.15, 0.2) is 30.3 Å². The Bertz CT molecular complexity index is 519. The summed E-state index contributed by atoms with van der Waals surface area (Å²) in [4.78, 5) is 14.3. The summed E-state index contributed by atoms with van der Waals surface area (Å²) in [5.74, 6) is 0.227. The smallest absolute Gasteiger partial charge is 0.220 e. The van der Waals surface area contributed by atoms with Crippen LogP contribution in [0, 0.1) is 0 Å². The number of amides is 1. The maximum atomic E-state index is 11.7. The lowest BCUT2D eigenvalue weighted by molar-refractivity contribution is -0.120. The zero-order chi connectivity index (χ0) is 16.1. The first kappa shape index (κ1) is 16.5. The average molecular weight is 316 g/mol. The van der Waals surface area contributed by atoms with Gasteiger partial charge in [-0.25, -0.2) is 0 Å². The zero-order valence-electron chi connectivity index (χ0n) is 14.1. The number of likely N-dealkylation sites (tertiary alicyclic amines) is 1. The standard InChI is InChI=1S/C19H28N2O2/c1-2-17-19(11-9-18(22)20-19)10-6-12-21(17)13-14-23-15-16-7-4-3-5-8-16/h3-5,7-8,17H,2,6,9-15H2,1H3,(H,20,22)/t17-,19+/m0/s1. The van der Waals surface area contributed by atoms with E-state index in [1.54, 1.807) is 0 Å². The average Bonchev–Trinajstić information content (AvgIpc) is 2.94. The second-order valence-electron chi connectivity index (χ2n) is 6.81. The van der Waals surface area contributed by atoms with Crippen LogP contribution in [0.5, 0.6) is 0 Å². The molecule has 2 heterocycles. The topological polar surface area (TPSA) is 41.6 Å². The van der Waals surface area contributed by atoms with Crippen molar-refractivity contribution >= 4 is 5.91 Å². The van der Waals surface area contributed by atoms with Crippen molar-refractivity contribution in [3.05, 3.63) is 35.9 Å².